The van der Waals surface area contributed by atoms with E-state index in [1.54, 1.807) is 30.3 Å². The number of primary amides is 1. The summed E-state index contributed by atoms with van der Waals surface area (Å²) in [6.45, 7) is 0. The lowest BCUT2D eigenvalue weighted by atomic mass is 10.0. The number of hydrogen-bond donors (Lipinski definition) is 2. The second kappa shape index (κ2) is 9.37. The minimum atomic E-state index is -3.58. The fraction of sp³-hybridized carbons (Fsp3) is 0.130. The van der Waals surface area contributed by atoms with Gasteiger partial charge in [0.25, 0.3) is 5.91 Å². The molecule has 0 aromatic heterocycles. The highest BCUT2D eigenvalue weighted by Crippen LogP contribution is 2.19. The number of rotatable bonds is 8. The first-order valence-corrected chi connectivity index (χ1v) is 11.1. The third-order valence-electron chi connectivity index (χ3n) is 4.68. The van der Waals surface area contributed by atoms with Crippen molar-refractivity contribution in [3.05, 3.63) is 90.5 Å². The second-order valence-corrected chi connectivity index (χ2v) is 8.90. The number of benzene rings is 3. The van der Waals surface area contributed by atoms with E-state index >= 15 is 0 Å². The highest BCUT2D eigenvalue weighted by atomic mass is 32.2. The van der Waals surface area contributed by atoms with Crippen LogP contribution in [0.5, 0.6) is 0 Å². The molecule has 1 atom stereocenters. The molecule has 6 nitrogen and oxygen atoms in total. The van der Waals surface area contributed by atoms with Crippen LogP contribution in [-0.2, 0) is 14.6 Å². The standard InChI is InChI=1S/C23H22N2O4S/c24-22(26)21(15-16-30(28,29)20-9-5-2-6-10-20)25-23(27)19-13-11-18(12-14-19)17-7-3-1-4-8-17/h1-14,21H,15-16H2,(H2,24,26)(H,25,27)/t21-/m1/s1. The molecule has 3 aromatic carbocycles. The van der Waals surface area contributed by atoms with Crippen LogP contribution in [0.1, 0.15) is 16.8 Å². The van der Waals surface area contributed by atoms with Crippen molar-refractivity contribution in [1.82, 2.24) is 5.32 Å². The van der Waals surface area contributed by atoms with Crippen molar-refractivity contribution < 1.29 is 18.0 Å². The number of nitrogens with two attached hydrogens (primary N) is 1. The molecule has 0 bridgehead atoms. The fourth-order valence-corrected chi connectivity index (χ4v) is 4.34. The zero-order valence-electron chi connectivity index (χ0n) is 16.2. The van der Waals surface area contributed by atoms with Gasteiger partial charge in [0.2, 0.25) is 5.91 Å². The normalized spacial score (nSPS) is 12.1. The lowest BCUT2D eigenvalue weighted by molar-refractivity contribution is -0.119. The molecule has 0 unspecified atom stereocenters. The van der Waals surface area contributed by atoms with Gasteiger partial charge in [-0.3, -0.25) is 9.59 Å². The maximum atomic E-state index is 12.5. The Labute approximate surface area is 175 Å². The molecule has 0 fully saturated rings. The van der Waals surface area contributed by atoms with Gasteiger partial charge in [0.05, 0.1) is 10.6 Å². The minimum Gasteiger partial charge on any atom is -0.368 e. The van der Waals surface area contributed by atoms with E-state index in [-0.39, 0.29) is 17.1 Å². The fourth-order valence-electron chi connectivity index (χ4n) is 2.99. The Morgan fingerprint density at radius 2 is 1.33 bits per heavy atom. The van der Waals surface area contributed by atoms with E-state index in [0.29, 0.717) is 5.56 Å². The maximum Gasteiger partial charge on any atom is 0.251 e. The van der Waals surface area contributed by atoms with Gasteiger partial charge in [-0.1, -0.05) is 60.7 Å². The van der Waals surface area contributed by atoms with Crippen LogP contribution < -0.4 is 11.1 Å². The Kier molecular flexibility index (Phi) is 6.64. The summed E-state index contributed by atoms with van der Waals surface area (Å²) in [7, 11) is -3.58. The van der Waals surface area contributed by atoms with Gasteiger partial charge in [0.1, 0.15) is 6.04 Å². The maximum absolute atomic E-state index is 12.5. The molecule has 0 saturated heterocycles. The van der Waals surface area contributed by atoms with Crippen LogP contribution in [-0.4, -0.2) is 32.0 Å². The molecule has 0 aliphatic heterocycles. The van der Waals surface area contributed by atoms with Gasteiger partial charge in [0, 0.05) is 5.56 Å². The van der Waals surface area contributed by atoms with Crippen LogP contribution in [0.3, 0.4) is 0 Å². The number of sulfone groups is 1. The van der Waals surface area contributed by atoms with Crippen molar-refractivity contribution >= 4 is 21.7 Å². The van der Waals surface area contributed by atoms with Crippen LogP contribution in [0.15, 0.2) is 89.8 Å². The van der Waals surface area contributed by atoms with Crippen molar-refractivity contribution in [2.45, 2.75) is 17.4 Å². The third-order valence-corrected chi connectivity index (χ3v) is 6.44. The molecule has 2 amide bonds. The van der Waals surface area contributed by atoms with Gasteiger partial charge in [-0.25, -0.2) is 8.42 Å². The molecule has 7 heteroatoms. The number of carbonyl (C=O) groups is 2. The van der Waals surface area contributed by atoms with Gasteiger partial charge in [-0.05, 0) is 41.8 Å². The molecule has 30 heavy (non-hydrogen) atoms. The molecule has 3 N–H and O–H groups in total. The first-order chi connectivity index (χ1) is 14.4. The average molecular weight is 423 g/mol. The van der Waals surface area contributed by atoms with Crippen LogP contribution in [0.25, 0.3) is 11.1 Å². The van der Waals surface area contributed by atoms with E-state index in [4.69, 9.17) is 5.73 Å². The average Bonchev–Trinajstić information content (AvgIpc) is 2.77. The SMILES string of the molecule is NC(=O)[C@@H](CCS(=O)(=O)c1ccccc1)NC(=O)c1ccc(-c2ccccc2)cc1. The van der Waals surface area contributed by atoms with E-state index < -0.39 is 27.7 Å². The summed E-state index contributed by atoms with van der Waals surface area (Å²) < 4.78 is 24.8. The summed E-state index contributed by atoms with van der Waals surface area (Å²) in [6.07, 6.45) is -0.111. The predicted octanol–water partition coefficient (Wildman–Crippen LogP) is 2.80. The van der Waals surface area contributed by atoms with E-state index in [1.807, 2.05) is 42.5 Å². The van der Waals surface area contributed by atoms with Crippen molar-refractivity contribution in [2.75, 3.05) is 5.75 Å². The number of amides is 2. The van der Waals surface area contributed by atoms with Gasteiger partial charge in [-0.2, -0.15) is 0 Å². The molecule has 154 valence electrons. The molecule has 0 aliphatic carbocycles. The first-order valence-electron chi connectivity index (χ1n) is 9.40. The van der Waals surface area contributed by atoms with Crippen LogP contribution in [0.2, 0.25) is 0 Å². The summed E-state index contributed by atoms with van der Waals surface area (Å²) >= 11 is 0. The molecule has 3 aromatic rings. The van der Waals surface area contributed by atoms with Crippen molar-refractivity contribution in [3.8, 4) is 11.1 Å². The van der Waals surface area contributed by atoms with Crippen LogP contribution in [0, 0.1) is 0 Å². The van der Waals surface area contributed by atoms with Crippen molar-refractivity contribution in [1.29, 1.82) is 0 Å². The zero-order chi connectivity index (χ0) is 21.6. The summed E-state index contributed by atoms with van der Waals surface area (Å²) in [4.78, 5) is 24.5. The Morgan fingerprint density at radius 3 is 1.90 bits per heavy atom. The number of nitrogens with one attached hydrogen (secondary N) is 1. The highest BCUT2D eigenvalue weighted by molar-refractivity contribution is 7.91. The van der Waals surface area contributed by atoms with Crippen LogP contribution in [0.4, 0.5) is 0 Å². The third kappa shape index (κ3) is 5.33. The lowest BCUT2D eigenvalue weighted by Gasteiger charge is -2.16. The summed E-state index contributed by atoms with van der Waals surface area (Å²) in [5.41, 5.74) is 7.71. The first kappa shape index (κ1) is 21.3. The second-order valence-electron chi connectivity index (χ2n) is 6.79. The molecule has 0 heterocycles. The molecular formula is C23H22N2O4S. The number of carbonyl (C=O) groups excluding carboxylic acids is 2. The zero-order valence-corrected chi connectivity index (χ0v) is 17.0. The number of hydrogen-bond acceptors (Lipinski definition) is 4. The van der Waals surface area contributed by atoms with Gasteiger partial charge >= 0.3 is 0 Å². The topological polar surface area (TPSA) is 106 Å². The van der Waals surface area contributed by atoms with Gasteiger partial charge in [0.15, 0.2) is 9.84 Å². The Balaban J connectivity index is 1.66. The largest absolute Gasteiger partial charge is 0.368 e. The van der Waals surface area contributed by atoms with Gasteiger partial charge < -0.3 is 11.1 Å². The lowest BCUT2D eigenvalue weighted by Crippen LogP contribution is -2.45. The summed E-state index contributed by atoms with van der Waals surface area (Å²) in [5.74, 6) is -1.58. The monoisotopic (exact) mass is 422 g/mol. The Hall–Kier alpha value is -3.45. The van der Waals surface area contributed by atoms with Gasteiger partial charge in [-0.15, -0.1) is 0 Å². The quantitative estimate of drug-likeness (QED) is 0.582. The van der Waals surface area contributed by atoms with Crippen molar-refractivity contribution in [2.24, 2.45) is 5.73 Å². The molecule has 0 aliphatic rings. The van der Waals surface area contributed by atoms with Crippen molar-refractivity contribution in [3.63, 3.8) is 0 Å². The summed E-state index contributed by atoms with van der Waals surface area (Å²) in [5, 5.41) is 2.54. The Bertz CT molecular complexity index is 1110. The molecule has 3 rings (SSSR count). The van der Waals surface area contributed by atoms with E-state index in [1.165, 1.54) is 12.1 Å². The van der Waals surface area contributed by atoms with E-state index in [0.717, 1.165) is 11.1 Å². The molecular weight excluding hydrogens is 400 g/mol. The molecule has 0 saturated carbocycles. The Morgan fingerprint density at radius 1 is 0.800 bits per heavy atom. The smallest absolute Gasteiger partial charge is 0.251 e. The predicted molar refractivity (Wildman–Crippen MR) is 115 cm³/mol. The minimum absolute atomic E-state index is 0.111. The molecule has 0 radical (unpaired) electrons. The molecule has 0 spiro atoms. The van der Waals surface area contributed by atoms with E-state index in [2.05, 4.69) is 5.32 Å². The van der Waals surface area contributed by atoms with E-state index in [9.17, 15) is 18.0 Å². The summed E-state index contributed by atoms with van der Waals surface area (Å²) in [6, 6.07) is 23.5. The highest BCUT2D eigenvalue weighted by Gasteiger charge is 2.23. The van der Waals surface area contributed by atoms with Crippen LogP contribution >= 0.6 is 0 Å².